The highest BCUT2D eigenvalue weighted by Crippen LogP contribution is 2.36. The molecule has 0 bridgehead atoms. The second kappa shape index (κ2) is 8.07. The summed E-state index contributed by atoms with van der Waals surface area (Å²) in [5, 5.41) is 2.87. The third-order valence-electron chi connectivity index (χ3n) is 5.27. The molecule has 0 saturated carbocycles. The summed E-state index contributed by atoms with van der Waals surface area (Å²) in [5.41, 5.74) is 2.93. The Morgan fingerprint density at radius 1 is 1.10 bits per heavy atom. The first-order valence-electron chi connectivity index (χ1n) is 9.72. The van der Waals surface area contributed by atoms with Crippen LogP contribution in [0.2, 0.25) is 0 Å². The van der Waals surface area contributed by atoms with Gasteiger partial charge in [-0.15, -0.1) is 0 Å². The maximum absolute atomic E-state index is 12.7. The zero-order valence-electron chi connectivity index (χ0n) is 17.2. The van der Waals surface area contributed by atoms with Gasteiger partial charge in [0.2, 0.25) is 5.91 Å². The van der Waals surface area contributed by atoms with E-state index in [-0.39, 0.29) is 11.8 Å². The Labute approximate surface area is 170 Å². The maximum atomic E-state index is 12.7. The second-order valence-corrected chi connectivity index (χ2v) is 7.84. The van der Waals surface area contributed by atoms with Gasteiger partial charge >= 0.3 is 5.97 Å². The molecule has 1 heterocycles. The highest BCUT2D eigenvalue weighted by atomic mass is 16.5. The fourth-order valence-electron chi connectivity index (χ4n) is 3.46. The van der Waals surface area contributed by atoms with E-state index in [9.17, 15) is 14.4 Å². The molecule has 2 aromatic carbocycles. The van der Waals surface area contributed by atoms with E-state index in [0.29, 0.717) is 23.4 Å². The summed E-state index contributed by atoms with van der Waals surface area (Å²) in [6, 6.07) is 11.9. The summed E-state index contributed by atoms with van der Waals surface area (Å²) in [6.07, 6.45) is 1.59. The van der Waals surface area contributed by atoms with E-state index in [1.165, 1.54) is 0 Å². The zero-order valence-corrected chi connectivity index (χ0v) is 17.2. The molecule has 0 unspecified atom stereocenters. The van der Waals surface area contributed by atoms with Gasteiger partial charge in [0.25, 0.3) is 5.91 Å². The number of benzene rings is 2. The molecular formula is C23H26N2O4. The number of ether oxygens (including phenoxy) is 1. The van der Waals surface area contributed by atoms with Gasteiger partial charge in [-0.1, -0.05) is 19.9 Å². The van der Waals surface area contributed by atoms with E-state index in [2.05, 4.69) is 5.32 Å². The smallest absolute Gasteiger partial charge is 0.338 e. The molecule has 0 aromatic heterocycles. The van der Waals surface area contributed by atoms with Crippen molar-refractivity contribution in [2.75, 3.05) is 23.9 Å². The summed E-state index contributed by atoms with van der Waals surface area (Å²) in [7, 11) is 1.77. The number of anilines is 2. The van der Waals surface area contributed by atoms with E-state index < -0.39 is 11.4 Å². The molecule has 0 atom stereocenters. The van der Waals surface area contributed by atoms with E-state index in [0.717, 1.165) is 24.1 Å². The van der Waals surface area contributed by atoms with Crippen LogP contribution in [-0.4, -0.2) is 31.4 Å². The fourth-order valence-corrected chi connectivity index (χ4v) is 3.46. The van der Waals surface area contributed by atoms with Crippen LogP contribution < -0.4 is 10.2 Å². The average Bonchev–Trinajstić information content (AvgIpc) is 2.79. The van der Waals surface area contributed by atoms with Crippen LogP contribution in [0.3, 0.4) is 0 Å². The first kappa shape index (κ1) is 20.6. The lowest BCUT2D eigenvalue weighted by molar-refractivity contribution is -0.126. The van der Waals surface area contributed by atoms with Crippen molar-refractivity contribution < 1.29 is 19.1 Å². The monoisotopic (exact) mass is 394 g/mol. The predicted octanol–water partition coefficient (Wildman–Crippen LogP) is 4.05. The minimum Gasteiger partial charge on any atom is -0.462 e. The third-order valence-corrected chi connectivity index (χ3v) is 5.27. The van der Waals surface area contributed by atoms with Crippen molar-refractivity contribution >= 4 is 29.2 Å². The van der Waals surface area contributed by atoms with Crippen molar-refractivity contribution in [3.63, 3.8) is 0 Å². The van der Waals surface area contributed by atoms with Gasteiger partial charge in [0.05, 0.1) is 12.2 Å². The lowest BCUT2D eigenvalue weighted by atomic mass is 9.86. The van der Waals surface area contributed by atoms with Gasteiger partial charge in [-0.3, -0.25) is 9.59 Å². The average molecular weight is 394 g/mol. The van der Waals surface area contributed by atoms with Crippen LogP contribution in [0.5, 0.6) is 0 Å². The normalized spacial score (nSPS) is 15.3. The number of nitrogens with one attached hydrogen (secondary N) is 1. The van der Waals surface area contributed by atoms with Crippen molar-refractivity contribution in [3.05, 3.63) is 59.2 Å². The largest absolute Gasteiger partial charge is 0.462 e. The van der Waals surface area contributed by atoms with Crippen molar-refractivity contribution in [2.24, 2.45) is 5.41 Å². The Balaban J connectivity index is 1.78. The molecule has 0 radical (unpaired) electrons. The van der Waals surface area contributed by atoms with Crippen molar-refractivity contribution in [1.82, 2.24) is 0 Å². The molecule has 152 valence electrons. The van der Waals surface area contributed by atoms with E-state index in [4.69, 9.17) is 4.74 Å². The SMILES string of the molecule is CCOC(=O)c1ccc(C(=O)Nc2ccc3c(c2)N(C)C(=O)C(C)(C)CC3)cc1. The summed E-state index contributed by atoms with van der Waals surface area (Å²) >= 11 is 0. The minimum absolute atomic E-state index is 0.0641. The number of hydrogen-bond acceptors (Lipinski definition) is 4. The highest BCUT2D eigenvalue weighted by molar-refractivity contribution is 6.05. The van der Waals surface area contributed by atoms with Crippen LogP contribution in [0.15, 0.2) is 42.5 Å². The number of fused-ring (bicyclic) bond motifs is 1. The van der Waals surface area contributed by atoms with Crippen LogP contribution in [0.25, 0.3) is 0 Å². The molecule has 0 saturated heterocycles. The van der Waals surface area contributed by atoms with Gasteiger partial charge in [0.1, 0.15) is 0 Å². The summed E-state index contributed by atoms with van der Waals surface area (Å²) in [6.45, 7) is 5.96. The van der Waals surface area contributed by atoms with Crippen LogP contribution in [0.1, 0.15) is 53.5 Å². The Hall–Kier alpha value is -3.15. The van der Waals surface area contributed by atoms with Crippen LogP contribution in [0.4, 0.5) is 11.4 Å². The number of carbonyl (C=O) groups is 3. The quantitative estimate of drug-likeness (QED) is 0.794. The third kappa shape index (κ3) is 4.31. The van der Waals surface area contributed by atoms with Gasteiger partial charge in [0.15, 0.2) is 0 Å². The lowest BCUT2D eigenvalue weighted by Crippen LogP contribution is -2.37. The van der Waals surface area contributed by atoms with Gasteiger partial charge < -0.3 is 15.0 Å². The van der Waals surface area contributed by atoms with E-state index in [1.54, 1.807) is 43.1 Å². The molecule has 0 aliphatic carbocycles. The number of esters is 1. The topological polar surface area (TPSA) is 75.7 Å². The molecule has 29 heavy (non-hydrogen) atoms. The Morgan fingerprint density at radius 3 is 2.41 bits per heavy atom. The van der Waals surface area contributed by atoms with Gasteiger partial charge in [0, 0.05) is 29.4 Å². The fraction of sp³-hybridized carbons (Fsp3) is 0.348. The van der Waals surface area contributed by atoms with Gasteiger partial charge in [-0.05, 0) is 61.7 Å². The number of amides is 2. The predicted molar refractivity (Wildman–Crippen MR) is 112 cm³/mol. The summed E-state index contributed by atoms with van der Waals surface area (Å²) < 4.78 is 4.95. The number of aryl methyl sites for hydroxylation is 1. The maximum Gasteiger partial charge on any atom is 0.338 e. The summed E-state index contributed by atoms with van der Waals surface area (Å²) in [5.74, 6) is -0.640. The van der Waals surface area contributed by atoms with Gasteiger partial charge in [-0.25, -0.2) is 4.79 Å². The van der Waals surface area contributed by atoms with Crippen molar-refractivity contribution in [2.45, 2.75) is 33.6 Å². The first-order chi connectivity index (χ1) is 13.7. The van der Waals surface area contributed by atoms with Crippen LogP contribution in [-0.2, 0) is 16.0 Å². The van der Waals surface area contributed by atoms with Crippen LogP contribution >= 0.6 is 0 Å². The number of hydrogen-bond donors (Lipinski definition) is 1. The number of carbonyl (C=O) groups excluding carboxylic acids is 3. The molecule has 6 nitrogen and oxygen atoms in total. The number of rotatable bonds is 4. The molecule has 1 aliphatic heterocycles. The molecule has 0 spiro atoms. The number of nitrogens with zero attached hydrogens (tertiary/aromatic N) is 1. The zero-order chi connectivity index (χ0) is 21.2. The van der Waals surface area contributed by atoms with Crippen molar-refractivity contribution in [1.29, 1.82) is 0 Å². The summed E-state index contributed by atoms with van der Waals surface area (Å²) in [4.78, 5) is 38.7. The molecular weight excluding hydrogens is 368 g/mol. The molecule has 1 aliphatic rings. The molecule has 6 heteroatoms. The standard InChI is InChI=1S/C23H26N2O4/c1-5-29-21(27)17-8-6-16(7-9-17)20(26)24-18-11-10-15-12-13-23(2,3)22(28)25(4)19(15)14-18/h6-11,14H,5,12-13H2,1-4H3,(H,24,26). The molecule has 3 rings (SSSR count). The Bertz CT molecular complexity index is 948. The lowest BCUT2D eigenvalue weighted by Gasteiger charge is -2.26. The second-order valence-electron chi connectivity index (χ2n) is 7.84. The first-order valence-corrected chi connectivity index (χ1v) is 9.72. The van der Waals surface area contributed by atoms with Gasteiger partial charge in [-0.2, -0.15) is 0 Å². The Kier molecular flexibility index (Phi) is 5.73. The molecule has 1 N–H and O–H groups in total. The minimum atomic E-state index is -0.419. The molecule has 0 fully saturated rings. The highest BCUT2D eigenvalue weighted by Gasteiger charge is 2.34. The molecule has 2 amide bonds. The van der Waals surface area contributed by atoms with E-state index in [1.807, 2.05) is 32.0 Å². The molecule has 2 aromatic rings. The van der Waals surface area contributed by atoms with Crippen molar-refractivity contribution in [3.8, 4) is 0 Å². The Morgan fingerprint density at radius 2 is 1.76 bits per heavy atom. The van der Waals surface area contributed by atoms with Crippen LogP contribution in [0, 0.1) is 5.41 Å². The van der Waals surface area contributed by atoms with E-state index >= 15 is 0 Å².